The molecule has 36 heavy (non-hydrogen) atoms. The van der Waals surface area contributed by atoms with E-state index in [0.717, 1.165) is 0 Å². The molecule has 0 aromatic heterocycles. The molecule has 202 valence electrons. The molecule has 0 aliphatic heterocycles. The van der Waals surface area contributed by atoms with E-state index in [4.69, 9.17) is 4.74 Å². The third kappa shape index (κ3) is 9.05. The largest absolute Gasteiger partial charge is 0.508 e. The van der Waals surface area contributed by atoms with Crippen molar-refractivity contribution in [2.24, 2.45) is 5.92 Å². The third-order valence-corrected chi connectivity index (χ3v) is 5.44. The molecule has 3 amide bonds. The zero-order valence-corrected chi connectivity index (χ0v) is 22.8. The summed E-state index contributed by atoms with van der Waals surface area (Å²) in [5, 5.41) is 15.3. The molecule has 0 heterocycles. The van der Waals surface area contributed by atoms with Crippen molar-refractivity contribution in [3.8, 4) is 5.75 Å². The molecule has 10 heteroatoms. The van der Waals surface area contributed by atoms with Gasteiger partial charge >= 0.3 is 12.1 Å². The van der Waals surface area contributed by atoms with E-state index in [2.05, 4.69) is 15.4 Å². The van der Waals surface area contributed by atoms with E-state index in [1.807, 2.05) is 13.8 Å². The molecule has 0 aliphatic rings. The Morgan fingerprint density at radius 3 is 2.17 bits per heavy atom. The maximum atomic E-state index is 14.1. The molecule has 0 spiro atoms. The third-order valence-electron chi connectivity index (χ3n) is 5.44. The number of phenols is 1. The van der Waals surface area contributed by atoms with Crippen molar-refractivity contribution in [3.05, 3.63) is 29.8 Å². The number of hydrogen-bond acceptors (Lipinski definition) is 7. The predicted molar refractivity (Wildman–Crippen MR) is 135 cm³/mol. The van der Waals surface area contributed by atoms with Crippen LogP contribution < -0.4 is 10.6 Å². The van der Waals surface area contributed by atoms with Crippen LogP contribution in [0.4, 0.5) is 4.79 Å². The van der Waals surface area contributed by atoms with Gasteiger partial charge in [0.05, 0.1) is 7.11 Å². The van der Waals surface area contributed by atoms with Crippen molar-refractivity contribution in [1.82, 2.24) is 15.5 Å². The predicted octanol–water partition coefficient (Wildman–Crippen LogP) is 3.29. The average molecular weight is 508 g/mol. The monoisotopic (exact) mass is 507 g/mol. The van der Waals surface area contributed by atoms with Crippen molar-refractivity contribution >= 4 is 23.9 Å². The average Bonchev–Trinajstić information content (AvgIpc) is 2.76. The van der Waals surface area contributed by atoms with E-state index in [9.17, 15) is 24.3 Å². The minimum Gasteiger partial charge on any atom is -0.508 e. The molecular formula is C26H41N3O7. The van der Waals surface area contributed by atoms with Gasteiger partial charge in [0.1, 0.15) is 30.0 Å². The molecule has 1 aromatic rings. The van der Waals surface area contributed by atoms with Crippen LogP contribution in [0.2, 0.25) is 0 Å². The van der Waals surface area contributed by atoms with Gasteiger partial charge in [-0.2, -0.15) is 0 Å². The fraction of sp³-hybridized carbons (Fsp3) is 0.615. The molecule has 0 saturated carbocycles. The van der Waals surface area contributed by atoms with Crippen LogP contribution in [0.3, 0.4) is 0 Å². The second-order valence-electron chi connectivity index (χ2n) is 10.7. The van der Waals surface area contributed by atoms with Crippen LogP contribution in [0, 0.1) is 5.92 Å². The van der Waals surface area contributed by atoms with Crippen LogP contribution in [-0.4, -0.2) is 64.7 Å². The zero-order chi connectivity index (χ0) is 27.8. The van der Waals surface area contributed by atoms with Crippen LogP contribution in [0.5, 0.6) is 5.75 Å². The van der Waals surface area contributed by atoms with Gasteiger partial charge < -0.3 is 30.1 Å². The Hall–Kier alpha value is -3.30. The second kappa shape index (κ2) is 12.6. The molecule has 0 aliphatic carbocycles. The lowest BCUT2D eigenvalue weighted by atomic mass is 9.91. The highest BCUT2D eigenvalue weighted by atomic mass is 16.6. The Balaban J connectivity index is 3.58. The molecule has 1 rings (SSSR count). The van der Waals surface area contributed by atoms with Crippen molar-refractivity contribution in [2.75, 3.05) is 13.7 Å². The van der Waals surface area contributed by atoms with E-state index in [-0.39, 0.29) is 11.7 Å². The number of nitrogens with zero attached hydrogens (tertiary/aromatic N) is 1. The lowest BCUT2D eigenvalue weighted by Crippen LogP contribution is -2.60. The van der Waals surface area contributed by atoms with E-state index in [0.29, 0.717) is 12.0 Å². The number of esters is 1. The number of amides is 3. The first-order chi connectivity index (χ1) is 16.5. The van der Waals surface area contributed by atoms with Gasteiger partial charge in [-0.1, -0.05) is 32.4 Å². The van der Waals surface area contributed by atoms with E-state index < -0.39 is 53.6 Å². The number of aromatic hydroxyl groups is 1. The number of rotatable bonds is 9. The quantitative estimate of drug-likeness (QED) is 0.437. The standard InChI is InChI=1S/C26H41N3O7/c1-10-16(2)20(28-24(34)36-26(6,7)8)23(33)29(25(3,4)5)21(17-12-11-13-18(30)14-17)22(32)27-15-19(31)35-9/h11-14,16,20-21,30H,10,15H2,1-9H3,(H,27,32)(H,28,34). The molecule has 0 radical (unpaired) electrons. The SMILES string of the molecule is CCC(C)C(NC(=O)OC(C)(C)C)C(=O)N(C(C(=O)NCC(=O)OC)c1cccc(O)c1)C(C)(C)C. The van der Waals surface area contributed by atoms with Crippen molar-refractivity contribution in [1.29, 1.82) is 0 Å². The van der Waals surface area contributed by atoms with Crippen molar-refractivity contribution in [2.45, 2.75) is 85.0 Å². The minimum atomic E-state index is -1.22. The Morgan fingerprint density at radius 2 is 1.69 bits per heavy atom. The fourth-order valence-electron chi connectivity index (χ4n) is 3.55. The van der Waals surface area contributed by atoms with Crippen LogP contribution in [0.15, 0.2) is 24.3 Å². The molecule has 0 bridgehead atoms. The Morgan fingerprint density at radius 1 is 1.08 bits per heavy atom. The summed E-state index contributed by atoms with van der Waals surface area (Å²) in [5.41, 5.74) is -1.34. The summed E-state index contributed by atoms with van der Waals surface area (Å²) in [6, 6.07) is 3.77. The highest BCUT2D eigenvalue weighted by Crippen LogP contribution is 2.32. The van der Waals surface area contributed by atoms with E-state index >= 15 is 0 Å². The van der Waals surface area contributed by atoms with Gasteiger partial charge in [-0.05, 0) is 65.2 Å². The van der Waals surface area contributed by atoms with Crippen molar-refractivity contribution in [3.63, 3.8) is 0 Å². The van der Waals surface area contributed by atoms with Crippen LogP contribution in [-0.2, 0) is 23.9 Å². The molecule has 1 aromatic carbocycles. The molecule has 0 fully saturated rings. The zero-order valence-electron chi connectivity index (χ0n) is 22.8. The second-order valence-corrected chi connectivity index (χ2v) is 10.7. The normalized spacial score (nSPS) is 14.1. The Bertz CT molecular complexity index is 934. The molecule has 10 nitrogen and oxygen atoms in total. The summed E-state index contributed by atoms with van der Waals surface area (Å²) in [5.74, 6) is -2.20. The number of nitrogens with one attached hydrogen (secondary N) is 2. The van der Waals surface area contributed by atoms with Gasteiger partial charge in [-0.3, -0.25) is 14.4 Å². The lowest BCUT2D eigenvalue weighted by Gasteiger charge is -2.43. The van der Waals surface area contributed by atoms with Crippen LogP contribution >= 0.6 is 0 Å². The van der Waals surface area contributed by atoms with Crippen molar-refractivity contribution < 1.29 is 33.8 Å². The molecule has 3 atom stereocenters. The summed E-state index contributed by atoms with van der Waals surface area (Å²) in [6.07, 6.45) is -0.186. The molecule has 3 unspecified atom stereocenters. The topological polar surface area (TPSA) is 134 Å². The van der Waals surface area contributed by atoms with Gasteiger partial charge in [0.15, 0.2) is 0 Å². The number of alkyl carbamates (subject to hydrolysis) is 1. The summed E-state index contributed by atoms with van der Waals surface area (Å²) in [4.78, 5) is 53.2. The highest BCUT2D eigenvalue weighted by Gasteiger charge is 2.43. The Kier molecular flexibility index (Phi) is 10.8. The molecule has 3 N–H and O–H groups in total. The maximum absolute atomic E-state index is 14.1. The van der Waals surface area contributed by atoms with Gasteiger partial charge in [-0.25, -0.2) is 4.79 Å². The summed E-state index contributed by atoms with van der Waals surface area (Å²) in [7, 11) is 1.20. The van der Waals surface area contributed by atoms with Gasteiger partial charge in [-0.15, -0.1) is 0 Å². The maximum Gasteiger partial charge on any atom is 0.408 e. The number of carbonyl (C=O) groups is 4. The number of ether oxygens (including phenoxy) is 2. The highest BCUT2D eigenvalue weighted by molar-refractivity contribution is 5.93. The minimum absolute atomic E-state index is 0.0927. The summed E-state index contributed by atoms with van der Waals surface area (Å²) >= 11 is 0. The smallest absolute Gasteiger partial charge is 0.408 e. The first-order valence-electron chi connectivity index (χ1n) is 12.0. The molecule has 0 saturated heterocycles. The number of phenolic OH excluding ortho intramolecular Hbond substituents is 1. The summed E-state index contributed by atoms with van der Waals surface area (Å²) in [6.45, 7) is 13.7. The van der Waals surface area contributed by atoms with E-state index in [1.54, 1.807) is 53.7 Å². The number of methoxy groups -OCH3 is 1. The first kappa shape index (κ1) is 30.7. The summed E-state index contributed by atoms with van der Waals surface area (Å²) < 4.78 is 9.99. The first-order valence-corrected chi connectivity index (χ1v) is 12.0. The Labute approximate surface area is 213 Å². The van der Waals surface area contributed by atoms with E-state index in [1.165, 1.54) is 24.1 Å². The van der Waals surface area contributed by atoms with Gasteiger partial charge in [0.25, 0.3) is 0 Å². The lowest BCUT2D eigenvalue weighted by molar-refractivity contribution is -0.150. The fourth-order valence-corrected chi connectivity index (χ4v) is 3.55. The van der Waals surface area contributed by atoms with Gasteiger partial charge in [0, 0.05) is 5.54 Å². The molecular weight excluding hydrogens is 466 g/mol. The number of hydrogen-bond donors (Lipinski definition) is 3. The number of benzene rings is 1. The van der Waals surface area contributed by atoms with Crippen LogP contribution in [0.1, 0.15) is 73.4 Å². The van der Waals surface area contributed by atoms with Gasteiger partial charge in [0.2, 0.25) is 11.8 Å². The number of carbonyl (C=O) groups excluding carboxylic acids is 4. The van der Waals surface area contributed by atoms with Crippen LogP contribution in [0.25, 0.3) is 0 Å².